The van der Waals surface area contributed by atoms with Crippen molar-refractivity contribution in [3.8, 4) is 11.1 Å². The van der Waals surface area contributed by atoms with Crippen LogP contribution in [0.2, 0.25) is 0 Å². The zero-order chi connectivity index (χ0) is 18.4. The highest BCUT2D eigenvalue weighted by Gasteiger charge is 2.24. The molecule has 1 fully saturated rings. The summed E-state index contributed by atoms with van der Waals surface area (Å²) in [5.41, 5.74) is 5.06. The van der Waals surface area contributed by atoms with Crippen molar-refractivity contribution in [3.63, 3.8) is 0 Å². The van der Waals surface area contributed by atoms with Gasteiger partial charge in [0, 0.05) is 39.7 Å². The predicted octanol–water partition coefficient (Wildman–Crippen LogP) is 3.71. The normalized spacial score (nSPS) is 17.6. The first kappa shape index (κ1) is 18.5. The summed E-state index contributed by atoms with van der Waals surface area (Å²) < 4.78 is 5.29. The molecule has 1 aliphatic heterocycles. The second-order valence-electron chi connectivity index (χ2n) is 7.03. The summed E-state index contributed by atoms with van der Waals surface area (Å²) >= 11 is 0. The number of nitrogens with zero attached hydrogens (tertiary/aromatic N) is 2. The van der Waals surface area contributed by atoms with Crippen LogP contribution in [0, 0.1) is 12.8 Å². The van der Waals surface area contributed by atoms with Crippen molar-refractivity contribution in [2.45, 2.75) is 19.9 Å². The van der Waals surface area contributed by atoms with Crippen LogP contribution in [0.1, 0.15) is 17.5 Å². The Morgan fingerprint density at radius 2 is 1.96 bits per heavy atom. The summed E-state index contributed by atoms with van der Waals surface area (Å²) in [4.78, 5) is 6.79. The molecule has 1 N–H and O–H groups in total. The molecular formula is C22H29N3O. The highest BCUT2D eigenvalue weighted by molar-refractivity contribution is 5.80. The highest BCUT2D eigenvalue weighted by Crippen LogP contribution is 2.22. The molecule has 2 aromatic rings. The van der Waals surface area contributed by atoms with Crippen LogP contribution in [0.3, 0.4) is 0 Å². The number of methoxy groups -OCH3 is 1. The van der Waals surface area contributed by atoms with Gasteiger partial charge >= 0.3 is 0 Å². The zero-order valence-electron chi connectivity index (χ0n) is 16.0. The Hall–Kier alpha value is -2.33. The van der Waals surface area contributed by atoms with Gasteiger partial charge in [-0.2, -0.15) is 0 Å². The fraction of sp³-hybridized carbons (Fsp3) is 0.409. The smallest absolute Gasteiger partial charge is 0.193 e. The summed E-state index contributed by atoms with van der Waals surface area (Å²) in [7, 11) is 3.63. The first-order chi connectivity index (χ1) is 12.7. The highest BCUT2D eigenvalue weighted by atomic mass is 16.5. The molecule has 0 amide bonds. The van der Waals surface area contributed by atoms with Gasteiger partial charge in [-0.15, -0.1) is 0 Å². The van der Waals surface area contributed by atoms with Crippen molar-refractivity contribution in [3.05, 3.63) is 59.7 Å². The summed E-state index contributed by atoms with van der Waals surface area (Å²) in [6, 6.07) is 17.4. The van der Waals surface area contributed by atoms with E-state index in [4.69, 9.17) is 4.74 Å². The fourth-order valence-electron chi connectivity index (χ4n) is 3.60. The zero-order valence-corrected chi connectivity index (χ0v) is 16.0. The first-order valence-corrected chi connectivity index (χ1v) is 9.30. The minimum Gasteiger partial charge on any atom is -0.384 e. The lowest BCUT2D eigenvalue weighted by Gasteiger charge is -2.22. The molecule has 1 unspecified atom stereocenters. The molecule has 3 rings (SSSR count). The number of aliphatic imine (C=N–C) groups is 1. The van der Waals surface area contributed by atoms with Crippen molar-refractivity contribution < 1.29 is 4.74 Å². The average molecular weight is 351 g/mol. The van der Waals surface area contributed by atoms with Gasteiger partial charge in [-0.25, -0.2) is 0 Å². The molecule has 0 spiro atoms. The summed E-state index contributed by atoms with van der Waals surface area (Å²) in [5, 5.41) is 3.52. The van der Waals surface area contributed by atoms with Gasteiger partial charge in [-0.05, 0) is 36.1 Å². The topological polar surface area (TPSA) is 36.9 Å². The third kappa shape index (κ3) is 4.64. The van der Waals surface area contributed by atoms with Gasteiger partial charge < -0.3 is 15.0 Å². The summed E-state index contributed by atoms with van der Waals surface area (Å²) in [6.45, 7) is 5.78. The van der Waals surface area contributed by atoms with Gasteiger partial charge in [0.1, 0.15) is 0 Å². The van der Waals surface area contributed by atoms with Gasteiger partial charge in [-0.1, -0.05) is 48.0 Å². The van der Waals surface area contributed by atoms with Gasteiger partial charge in [0.05, 0.1) is 6.61 Å². The molecule has 0 aliphatic carbocycles. The lowest BCUT2D eigenvalue weighted by atomic mass is 10.0. The molecule has 138 valence electrons. The second kappa shape index (κ2) is 8.86. The number of ether oxygens (including phenoxy) is 1. The number of likely N-dealkylation sites (tertiary alicyclic amines) is 1. The van der Waals surface area contributed by atoms with Crippen LogP contribution in [0.25, 0.3) is 11.1 Å². The molecule has 4 nitrogen and oxygen atoms in total. The van der Waals surface area contributed by atoms with Gasteiger partial charge in [-0.3, -0.25) is 4.99 Å². The average Bonchev–Trinajstić information content (AvgIpc) is 3.11. The molecule has 0 aromatic heterocycles. The third-order valence-corrected chi connectivity index (χ3v) is 4.93. The number of guanidine groups is 1. The van der Waals surface area contributed by atoms with Gasteiger partial charge in [0.15, 0.2) is 5.96 Å². The van der Waals surface area contributed by atoms with Gasteiger partial charge in [0.25, 0.3) is 0 Å². The van der Waals surface area contributed by atoms with E-state index in [0.717, 1.165) is 38.6 Å². The molecule has 1 atom stereocenters. The SMILES string of the molecule is CN=C(NCc1cccc(-c2cccc(C)c2)c1)N1CCC(COC)C1. The standard InChI is InChI=1S/C22H29N3O/c1-17-6-4-8-20(12-17)21-9-5-7-18(13-21)14-24-22(23-2)25-11-10-19(15-25)16-26-3/h4-9,12-13,19H,10-11,14-16H2,1-3H3,(H,23,24). The first-order valence-electron chi connectivity index (χ1n) is 9.30. The largest absolute Gasteiger partial charge is 0.384 e. The minimum atomic E-state index is 0.600. The van der Waals surface area contributed by atoms with Crippen molar-refractivity contribution in [1.82, 2.24) is 10.2 Å². The maximum absolute atomic E-state index is 5.29. The molecule has 0 bridgehead atoms. The Labute approximate surface area is 156 Å². The molecule has 4 heteroatoms. The number of aryl methyl sites for hydroxylation is 1. The molecule has 2 aromatic carbocycles. The van der Waals surface area contributed by atoms with Crippen LogP contribution >= 0.6 is 0 Å². The number of rotatable bonds is 5. The number of benzene rings is 2. The molecule has 1 heterocycles. The summed E-state index contributed by atoms with van der Waals surface area (Å²) in [6.07, 6.45) is 1.16. The Morgan fingerprint density at radius 3 is 2.69 bits per heavy atom. The Morgan fingerprint density at radius 1 is 1.19 bits per heavy atom. The Kier molecular flexibility index (Phi) is 6.29. The fourth-order valence-corrected chi connectivity index (χ4v) is 3.60. The number of hydrogen-bond donors (Lipinski definition) is 1. The summed E-state index contributed by atoms with van der Waals surface area (Å²) in [5.74, 6) is 1.58. The lowest BCUT2D eigenvalue weighted by molar-refractivity contribution is 0.157. The molecule has 26 heavy (non-hydrogen) atoms. The molecule has 0 saturated carbocycles. The second-order valence-corrected chi connectivity index (χ2v) is 7.03. The van der Waals surface area contributed by atoms with E-state index < -0.39 is 0 Å². The van der Waals surface area contributed by atoms with Crippen LogP contribution in [0.4, 0.5) is 0 Å². The maximum Gasteiger partial charge on any atom is 0.193 e. The van der Waals surface area contributed by atoms with E-state index in [1.54, 1.807) is 7.11 Å². The van der Waals surface area contributed by atoms with E-state index >= 15 is 0 Å². The predicted molar refractivity (Wildman–Crippen MR) is 108 cm³/mol. The van der Waals surface area contributed by atoms with Crippen LogP contribution < -0.4 is 5.32 Å². The molecule has 1 saturated heterocycles. The van der Waals surface area contributed by atoms with Crippen molar-refractivity contribution >= 4 is 5.96 Å². The van der Waals surface area contributed by atoms with Crippen molar-refractivity contribution in [1.29, 1.82) is 0 Å². The number of nitrogens with one attached hydrogen (secondary N) is 1. The van der Waals surface area contributed by atoms with Crippen molar-refractivity contribution in [2.75, 3.05) is 33.9 Å². The number of hydrogen-bond acceptors (Lipinski definition) is 2. The van der Waals surface area contributed by atoms with Crippen LogP contribution in [0.5, 0.6) is 0 Å². The molecule has 1 aliphatic rings. The van der Waals surface area contributed by atoms with E-state index in [1.165, 1.54) is 22.3 Å². The lowest BCUT2D eigenvalue weighted by Crippen LogP contribution is -2.39. The molecular weight excluding hydrogens is 322 g/mol. The minimum absolute atomic E-state index is 0.600. The monoisotopic (exact) mass is 351 g/mol. The van der Waals surface area contributed by atoms with E-state index in [2.05, 4.69) is 70.7 Å². The quantitative estimate of drug-likeness (QED) is 0.659. The van der Waals surface area contributed by atoms with Crippen molar-refractivity contribution in [2.24, 2.45) is 10.9 Å². The Bertz CT molecular complexity index is 757. The van der Waals surface area contributed by atoms with E-state index in [-0.39, 0.29) is 0 Å². The maximum atomic E-state index is 5.29. The molecule has 0 radical (unpaired) electrons. The van der Waals surface area contributed by atoms with Crippen LogP contribution in [0.15, 0.2) is 53.5 Å². The van der Waals surface area contributed by atoms with E-state index in [0.29, 0.717) is 5.92 Å². The van der Waals surface area contributed by atoms with Crippen LogP contribution in [-0.2, 0) is 11.3 Å². The third-order valence-electron chi connectivity index (χ3n) is 4.93. The Balaban J connectivity index is 1.63. The van der Waals surface area contributed by atoms with Gasteiger partial charge in [0.2, 0.25) is 0 Å². The van der Waals surface area contributed by atoms with E-state index in [9.17, 15) is 0 Å². The van der Waals surface area contributed by atoms with E-state index in [1.807, 2.05) is 7.05 Å². The van der Waals surface area contributed by atoms with Crippen LogP contribution in [-0.4, -0.2) is 44.7 Å².